The molecule has 0 saturated carbocycles. The van der Waals surface area contributed by atoms with Gasteiger partial charge >= 0.3 is 5.97 Å². The number of benzene rings is 1. The summed E-state index contributed by atoms with van der Waals surface area (Å²) in [5, 5.41) is 0. The first-order chi connectivity index (χ1) is 15.1. The lowest BCUT2D eigenvalue weighted by molar-refractivity contribution is -0.132. The van der Waals surface area contributed by atoms with E-state index in [4.69, 9.17) is 9.15 Å². The van der Waals surface area contributed by atoms with Gasteiger partial charge in [-0.1, -0.05) is 29.8 Å². The molecule has 1 aliphatic rings. The predicted molar refractivity (Wildman–Crippen MR) is 119 cm³/mol. The van der Waals surface area contributed by atoms with Crippen molar-refractivity contribution in [3.05, 3.63) is 52.5 Å². The van der Waals surface area contributed by atoms with Crippen LogP contribution in [0.1, 0.15) is 45.8 Å². The quantitative estimate of drug-likeness (QED) is 0.587. The molecular formula is C23H30N2O6S. The average Bonchev–Trinajstić information content (AvgIpc) is 3.09. The molecule has 1 fully saturated rings. The minimum absolute atomic E-state index is 0.0275. The summed E-state index contributed by atoms with van der Waals surface area (Å²) in [6.45, 7) is 6.04. The van der Waals surface area contributed by atoms with Gasteiger partial charge in [-0.3, -0.25) is 4.79 Å². The number of piperazine rings is 1. The van der Waals surface area contributed by atoms with Crippen LogP contribution >= 0.6 is 0 Å². The fourth-order valence-corrected chi connectivity index (χ4v) is 5.77. The van der Waals surface area contributed by atoms with Crippen LogP contribution in [0.4, 0.5) is 0 Å². The molecule has 0 unspecified atom stereocenters. The summed E-state index contributed by atoms with van der Waals surface area (Å²) in [6, 6.07) is 8.27. The van der Waals surface area contributed by atoms with Crippen molar-refractivity contribution in [2.75, 3.05) is 33.3 Å². The molecule has 0 aliphatic carbocycles. The zero-order valence-electron chi connectivity index (χ0n) is 19.0. The maximum Gasteiger partial charge on any atom is 0.342 e. The third kappa shape index (κ3) is 5.05. The molecule has 2 heterocycles. The molecule has 3 rings (SSSR count). The maximum atomic E-state index is 13.2. The molecule has 0 bridgehead atoms. The van der Waals surface area contributed by atoms with Crippen LogP contribution in [-0.2, 0) is 26.0 Å². The van der Waals surface area contributed by atoms with Gasteiger partial charge in [0.05, 0.1) is 7.11 Å². The molecule has 174 valence electrons. The van der Waals surface area contributed by atoms with Gasteiger partial charge in [-0.05, 0) is 39.2 Å². The minimum atomic E-state index is -3.96. The standard InChI is InChI=1S/C23H30N2O6S/c1-16-8-10-19(11-9-16)6-5-7-20(26)24-12-14-25(15-13-24)32(28,29)22-18(3)31-17(2)21(22)23(27)30-4/h8-11H,5-7,12-15H2,1-4H3. The molecule has 8 nitrogen and oxygen atoms in total. The van der Waals surface area contributed by atoms with E-state index in [1.54, 1.807) is 4.90 Å². The Kier molecular flexibility index (Phi) is 7.40. The lowest BCUT2D eigenvalue weighted by Gasteiger charge is -2.34. The number of carbonyl (C=O) groups excluding carboxylic acids is 2. The van der Waals surface area contributed by atoms with Gasteiger partial charge in [0.1, 0.15) is 22.0 Å². The fraction of sp³-hybridized carbons (Fsp3) is 0.478. The second-order valence-corrected chi connectivity index (χ2v) is 9.91. The Morgan fingerprint density at radius 1 is 1.00 bits per heavy atom. The number of furan rings is 1. The van der Waals surface area contributed by atoms with E-state index in [-0.39, 0.29) is 41.0 Å². The highest BCUT2D eigenvalue weighted by molar-refractivity contribution is 7.89. The summed E-state index contributed by atoms with van der Waals surface area (Å²) in [5.41, 5.74) is 2.34. The predicted octanol–water partition coefficient (Wildman–Crippen LogP) is 2.85. The average molecular weight is 463 g/mol. The summed E-state index contributed by atoms with van der Waals surface area (Å²) in [7, 11) is -2.76. The third-order valence-electron chi connectivity index (χ3n) is 5.76. The van der Waals surface area contributed by atoms with Crippen LogP contribution in [0.15, 0.2) is 33.6 Å². The molecular weight excluding hydrogens is 432 g/mol. The topological polar surface area (TPSA) is 97.1 Å². The van der Waals surface area contributed by atoms with Crippen LogP contribution in [0.3, 0.4) is 0 Å². The van der Waals surface area contributed by atoms with Crippen molar-refractivity contribution in [2.45, 2.75) is 44.9 Å². The molecule has 0 atom stereocenters. The number of carbonyl (C=O) groups is 2. The summed E-state index contributed by atoms with van der Waals surface area (Å²) in [5.74, 6) is -0.368. The minimum Gasteiger partial charge on any atom is -0.465 e. The molecule has 0 radical (unpaired) electrons. The molecule has 1 aliphatic heterocycles. The van der Waals surface area contributed by atoms with Gasteiger partial charge < -0.3 is 14.1 Å². The van der Waals surface area contributed by atoms with E-state index >= 15 is 0 Å². The van der Waals surface area contributed by atoms with Crippen LogP contribution in [0, 0.1) is 20.8 Å². The first-order valence-corrected chi connectivity index (χ1v) is 12.1. The SMILES string of the molecule is COC(=O)c1c(C)oc(C)c1S(=O)(=O)N1CCN(C(=O)CCCc2ccc(C)cc2)CC1. The molecule has 0 N–H and O–H groups in total. The lowest BCUT2D eigenvalue weighted by Crippen LogP contribution is -2.50. The van der Waals surface area contributed by atoms with Gasteiger partial charge in [-0.15, -0.1) is 0 Å². The number of aryl methyl sites for hydroxylation is 4. The summed E-state index contributed by atoms with van der Waals surface area (Å²) in [6.07, 6.45) is 2.00. The maximum absolute atomic E-state index is 13.2. The van der Waals surface area contributed by atoms with Crippen molar-refractivity contribution in [2.24, 2.45) is 0 Å². The number of methoxy groups -OCH3 is 1. The number of amides is 1. The second kappa shape index (κ2) is 9.87. The number of ether oxygens (including phenoxy) is 1. The van der Waals surface area contributed by atoms with Gasteiger partial charge in [-0.2, -0.15) is 4.31 Å². The Morgan fingerprint density at radius 3 is 2.22 bits per heavy atom. The molecule has 9 heteroatoms. The van der Waals surface area contributed by atoms with Crippen molar-refractivity contribution in [1.29, 1.82) is 0 Å². The van der Waals surface area contributed by atoms with Crippen molar-refractivity contribution in [1.82, 2.24) is 9.21 Å². The van der Waals surface area contributed by atoms with Gasteiger partial charge in [0, 0.05) is 32.6 Å². The largest absolute Gasteiger partial charge is 0.465 e. The highest BCUT2D eigenvalue weighted by Gasteiger charge is 2.37. The summed E-state index contributed by atoms with van der Waals surface area (Å²) < 4.78 is 38.0. The number of sulfonamides is 1. The van der Waals surface area contributed by atoms with Crippen LogP contribution in [-0.4, -0.2) is 62.8 Å². The molecule has 0 spiro atoms. The van der Waals surface area contributed by atoms with Gasteiger partial charge in [0.15, 0.2) is 0 Å². The number of hydrogen-bond donors (Lipinski definition) is 0. The van der Waals surface area contributed by atoms with E-state index in [0.717, 1.165) is 12.8 Å². The van der Waals surface area contributed by atoms with E-state index < -0.39 is 16.0 Å². The van der Waals surface area contributed by atoms with Gasteiger partial charge in [0.2, 0.25) is 15.9 Å². The van der Waals surface area contributed by atoms with E-state index in [1.807, 2.05) is 6.92 Å². The Bertz CT molecular complexity index is 1080. The van der Waals surface area contributed by atoms with Crippen LogP contribution in [0.25, 0.3) is 0 Å². The highest BCUT2D eigenvalue weighted by atomic mass is 32.2. The first-order valence-electron chi connectivity index (χ1n) is 10.7. The van der Waals surface area contributed by atoms with Crippen LogP contribution < -0.4 is 0 Å². The first kappa shape index (κ1) is 24.0. The molecule has 1 aromatic carbocycles. The Hall–Kier alpha value is -2.65. The van der Waals surface area contributed by atoms with E-state index in [9.17, 15) is 18.0 Å². The Labute approximate surface area is 189 Å². The van der Waals surface area contributed by atoms with E-state index in [0.29, 0.717) is 19.5 Å². The van der Waals surface area contributed by atoms with E-state index in [2.05, 4.69) is 24.3 Å². The number of nitrogens with zero attached hydrogens (tertiary/aromatic N) is 2. The fourth-order valence-electron chi connectivity index (χ4n) is 3.98. The van der Waals surface area contributed by atoms with Gasteiger partial charge in [-0.25, -0.2) is 13.2 Å². The number of hydrogen-bond acceptors (Lipinski definition) is 6. The van der Waals surface area contributed by atoms with Crippen molar-refractivity contribution < 1.29 is 27.2 Å². The molecule has 2 aromatic rings. The van der Waals surface area contributed by atoms with Crippen molar-refractivity contribution in [3.8, 4) is 0 Å². The van der Waals surface area contributed by atoms with Crippen molar-refractivity contribution >= 4 is 21.9 Å². The van der Waals surface area contributed by atoms with Crippen molar-refractivity contribution in [3.63, 3.8) is 0 Å². The normalized spacial score (nSPS) is 15.1. The lowest BCUT2D eigenvalue weighted by atomic mass is 10.1. The van der Waals surface area contributed by atoms with Crippen LogP contribution in [0.2, 0.25) is 0 Å². The molecule has 32 heavy (non-hydrogen) atoms. The molecule has 1 aromatic heterocycles. The van der Waals surface area contributed by atoms with Crippen LogP contribution in [0.5, 0.6) is 0 Å². The van der Waals surface area contributed by atoms with E-state index in [1.165, 1.54) is 36.4 Å². The monoisotopic (exact) mass is 462 g/mol. The summed E-state index contributed by atoms with van der Waals surface area (Å²) in [4.78, 5) is 26.3. The molecule has 1 amide bonds. The third-order valence-corrected chi connectivity index (χ3v) is 7.81. The number of esters is 1. The smallest absolute Gasteiger partial charge is 0.342 e. The summed E-state index contributed by atoms with van der Waals surface area (Å²) >= 11 is 0. The number of rotatable bonds is 7. The molecule has 1 saturated heterocycles. The zero-order valence-corrected chi connectivity index (χ0v) is 19.8. The highest BCUT2D eigenvalue weighted by Crippen LogP contribution is 2.30. The Balaban J connectivity index is 1.60. The second-order valence-electron chi connectivity index (χ2n) is 8.03. The zero-order chi connectivity index (χ0) is 23.5. The Morgan fingerprint density at radius 2 is 1.62 bits per heavy atom. The van der Waals surface area contributed by atoms with Gasteiger partial charge in [0.25, 0.3) is 0 Å².